The zero-order valence-electron chi connectivity index (χ0n) is 16.8. The summed E-state index contributed by atoms with van der Waals surface area (Å²) in [5.74, 6) is -0.257. The molecular formula is C19H29NO6S2. The molecule has 28 heavy (non-hydrogen) atoms. The van der Waals surface area contributed by atoms with Gasteiger partial charge in [-0.15, -0.1) is 0 Å². The molecule has 0 bridgehead atoms. The molecule has 0 radical (unpaired) electrons. The highest BCUT2D eigenvalue weighted by molar-refractivity contribution is 7.86. The van der Waals surface area contributed by atoms with Gasteiger partial charge in [0, 0.05) is 6.92 Å². The highest BCUT2D eigenvalue weighted by Crippen LogP contribution is 2.15. The molecule has 1 unspecified atom stereocenters. The van der Waals surface area contributed by atoms with Gasteiger partial charge in [-0.2, -0.15) is 8.42 Å². The zero-order valence-corrected chi connectivity index (χ0v) is 18.4. The summed E-state index contributed by atoms with van der Waals surface area (Å²) in [6.45, 7) is 7.48. The molecule has 0 heterocycles. The maximum atomic E-state index is 12.1. The lowest BCUT2D eigenvalue weighted by Gasteiger charge is -2.20. The van der Waals surface area contributed by atoms with Crippen LogP contribution < -0.4 is 5.32 Å². The summed E-state index contributed by atoms with van der Waals surface area (Å²) in [5, 5.41) is 2.92. The van der Waals surface area contributed by atoms with Gasteiger partial charge in [0.05, 0.1) is 18.4 Å². The summed E-state index contributed by atoms with van der Waals surface area (Å²) in [6, 6.07) is 8.64. The standard InChI is InChI=1S/C19H29NO6S2/c1-15(27)24-13-17(10-11-28(22,23)26-14-19(2,3)4)20-18(21)25-12-16-8-6-5-7-9-16/h5-9,17H,10-14H2,1-4H3,(H,20,21). The molecule has 7 nitrogen and oxygen atoms in total. The van der Waals surface area contributed by atoms with Crippen LogP contribution in [0.5, 0.6) is 0 Å². The maximum Gasteiger partial charge on any atom is 0.407 e. The molecule has 0 aromatic heterocycles. The van der Waals surface area contributed by atoms with Gasteiger partial charge in [-0.25, -0.2) is 4.79 Å². The van der Waals surface area contributed by atoms with Crippen molar-refractivity contribution in [3.8, 4) is 0 Å². The summed E-state index contributed by atoms with van der Waals surface area (Å²) in [7, 11) is -3.72. The monoisotopic (exact) mass is 431 g/mol. The largest absolute Gasteiger partial charge is 0.485 e. The van der Waals surface area contributed by atoms with Gasteiger partial charge in [-0.3, -0.25) is 4.18 Å². The lowest BCUT2D eigenvalue weighted by molar-refractivity contribution is 0.129. The minimum absolute atomic E-state index is 0.0462. The van der Waals surface area contributed by atoms with E-state index in [0.717, 1.165) is 5.56 Å². The lowest BCUT2D eigenvalue weighted by Crippen LogP contribution is -2.40. The Morgan fingerprint density at radius 3 is 2.39 bits per heavy atom. The minimum Gasteiger partial charge on any atom is -0.485 e. The normalized spacial score (nSPS) is 12.9. The van der Waals surface area contributed by atoms with Gasteiger partial charge in [-0.1, -0.05) is 51.1 Å². The Labute approximate surface area is 172 Å². The van der Waals surface area contributed by atoms with Crippen LogP contribution in [-0.4, -0.2) is 44.6 Å². The van der Waals surface area contributed by atoms with Crippen LogP contribution in [0.3, 0.4) is 0 Å². The molecule has 9 heteroatoms. The number of amides is 1. The Balaban J connectivity index is 2.56. The van der Waals surface area contributed by atoms with Gasteiger partial charge in [-0.05, 0) is 29.6 Å². The first-order valence-electron chi connectivity index (χ1n) is 8.94. The number of thiocarbonyl (C=S) groups is 1. The molecule has 0 spiro atoms. The number of hydrogen-bond acceptors (Lipinski definition) is 7. The van der Waals surface area contributed by atoms with Gasteiger partial charge < -0.3 is 14.8 Å². The van der Waals surface area contributed by atoms with Gasteiger partial charge in [0.2, 0.25) is 0 Å². The minimum atomic E-state index is -3.72. The quantitative estimate of drug-likeness (QED) is 0.448. The van der Waals surface area contributed by atoms with Crippen molar-refractivity contribution in [2.24, 2.45) is 5.41 Å². The number of rotatable bonds is 10. The number of ether oxygens (including phenoxy) is 2. The van der Waals surface area contributed by atoms with E-state index in [1.165, 1.54) is 0 Å². The number of carbonyl (C=O) groups excluding carboxylic acids is 1. The fourth-order valence-electron chi connectivity index (χ4n) is 1.96. The predicted molar refractivity (Wildman–Crippen MR) is 112 cm³/mol. The molecule has 1 rings (SSSR count). The highest BCUT2D eigenvalue weighted by Gasteiger charge is 2.22. The van der Waals surface area contributed by atoms with E-state index in [4.69, 9.17) is 25.9 Å². The number of benzene rings is 1. The average Bonchev–Trinajstić information content (AvgIpc) is 2.61. The van der Waals surface area contributed by atoms with Crippen LogP contribution in [0.1, 0.15) is 39.7 Å². The molecule has 1 aromatic carbocycles. The van der Waals surface area contributed by atoms with Crippen LogP contribution >= 0.6 is 12.2 Å². The summed E-state index contributed by atoms with van der Waals surface area (Å²) in [5.41, 5.74) is 0.571. The average molecular weight is 432 g/mol. The zero-order chi connectivity index (χ0) is 21.2. The Morgan fingerprint density at radius 2 is 1.82 bits per heavy atom. The van der Waals surface area contributed by atoms with Crippen LogP contribution in [0.2, 0.25) is 0 Å². The molecule has 0 aliphatic rings. The smallest absolute Gasteiger partial charge is 0.407 e. The van der Waals surface area contributed by atoms with Crippen LogP contribution in [0, 0.1) is 5.41 Å². The van der Waals surface area contributed by atoms with E-state index in [0.29, 0.717) is 5.05 Å². The van der Waals surface area contributed by atoms with Crippen LogP contribution in [0.25, 0.3) is 0 Å². The first-order valence-corrected chi connectivity index (χ1v) is 10.9. The predicted octanol–water partition coefficient (Wildman–Crippen LogP) is 3.43. The fourth-order valence-corrected chi connectivity index (χ4v) is 3.25. The van der Waals surface area contributed by atoms with Crippen molar-refractivity contribution in [2.45, 2.75) is 46.8 Å². The summed E-state index contributed by atoms with van der Waals surface area (Å²) in [6.07, 6.45) is -0.553. The third kappa shape index (κ3) is 11.9. The van der Waals surface area contributed by atoms with E-state index in [9.17, 15) is 13.2 Å². The van der Waals surface area contributed by atoms with Gasteiger partial charge in [0.25, 0.3) is 10.1 Å². The Bertz CT molecular complexity index is 729. The van der Waals surface area contributed by atoms with Crippen LogP contribution in [0.15, 0.2) is 30.3 Å². The highest BCUT2D eigenvalue weighted by atomic mass is 32.2. The van der Waals surface area contributed by atoms with Crippen molar-refractivity contribution in [1.29, 1.82) is 0 Å². The third-order valence-electron chi connectivity index (χ3n) is 3.41. The number of alkyl carbamates (subject to hydrolysis) is 1. The molecular weight excluding hydrogens is 402 g/mol. The molecule has 0 fully saturated rings. The number of hydrogen-bond donors (Lipinski definition) is 1. The SMILES string of the molecule is CC(=S)OCC(CCS(=O)(=O)OCC(C)(C)C)NC(=O)OCc1ccccc1. The molecule has 1 aromatic rings. The van der Waals surface area contributed by atoms with Gasteiger partial charge >= 0.3 is 6.09 Å². The third-order valence-corrected chi connectivity index (χ3v) is 4.74. The second-order valence-corrected chi connectivity index (χ2v) is 9.91. The number of carbonyl (C=O) groups is 1. The van der Waals surface area contributed by atoms with E-state index in [-0.39, 0.29) is 37.4 Å². The van der Waals surface area contributed by atoms with Gasteiger partial charge in [0.15, 0.2) is 5.05 Å². The Hall–Kier alpha value is -1.71. The van der Waals surface area contributed by atoms with Crippen molar-refractivity contribution >= 4 is 33.5 Å². The summed E-state index contributed by atoms with van der Waals surface area (Å²) < 4.78 is 39.7. The Morgan fingerprint density at radius 1 is 1.18 bits per heavy atom. The molecule has 0 saturated heterocycles. The van der Waals surface area contributed by atoms with Crippen molar-refractivity contribution in [3.05, 3.63) is 35.9 Å². The maximum absolute atomic E-state index is 12.1. The lowest BCUT2D eigenvalue weighted by atomic mass is 9.99. The van der Waals surface area contributed by atoms with Crippen molar-refractivity contribution < 1.29 is 26.9 Å². The van der Waals surface area contributed by atoms with Crippen molar-refractivity contribution in [2.75, 3.05) is 19.0 Å². The molecule has 1 atom stereocenters. The van der Waals surface area contributed by atoms with E-state index >= 15 is 0 Å². The molecule has 0 saturated carbocycles. The van der Waals surface area contributed by atoms with E-state index in [1.54, 1.807) is 6.92 Å². The number of nitrogens with one attached hydrogen (secondary N) is 1. The second kappa shape index (κ2) is 11.3. The molecule has 0 aliphatic carbocycles. The Kier molecular flexibility index (Phi) is 9.84. The van der Waals surface area contributed by atoms with Crippen molar-refractivity contribution in [3.63, 3.8) is 0 Å². The second-order valence-electron chi connectivity index (χ2n) is 7.58. The molecule has 158 valence electrons. The van der Waals surface area contributed by atoms with Crippen molar-refractivity contribution in [1.82, 2.24) is 5.32 Å². The van der Waals surface area contributed by atoms with E-state index in [2.05, 4.69) is 5.32 Å². The van der Waals surface area contributed by atoms with Crippen LogP contribution in [0.4, 0.5) is 4.79 Å². The van der Waals surface area contributed by atoms with E-state index in [1.807, 2.05) is 51.1 Å². The summed E-state index contributed by atoms with van der Waals surface area (Å²) >= 11 is 4.87. The molecule has 1 N–H and O–H groups in total. The molecule has 0 aliphatic heterocycles. The topological polar surface area (TPSA) is 90.9 Å². The van der Waals surface area contributed by atoms with E-state index < -0.39 is 22.3 Å². The van der Waals surface area contributed by atoms with Crippen LogP contribution in [-0.2, 0) is 30.4 Å². The summed E-state index contributed by atoms with van der Waals surface area (Å²) in [4.78, 5) is 12.1. The first kappa shape index (κ1) is 24.3. The fraction of sp³-hybridized carbons (Fsp3) is 0.579. The first-order chi connectivity index (χ1) is 13.0. The van der Waals surface area contributed by atoms with Gasteiger partial charge in [0.1, 0.15) is 13.2 Å². The molecule has 1 amide bonds.